The standard InChI is InChI=1S/C22H24N2O3/c1-24-9-8-21-17-13-4-5-15(25-2)18(17)27-19(21)22(26-3)7-6-20(21,16(24)10-13)11-14(22)12-23/h4-7,14,16,19H,8-11H2,1-3H3. The molecule has 4 aliphatic carbocycles. The molecule has 2 fully saturated rings. The van der Waals surface area contributed by atoms with Crippen LogP contribution >= 0.6 is 0 Å². The molecule has 1 aromatic rings. The van der Waals surface area contributed by atoms with Gasteiger partial charge in [-0.2, -0.15) is 5.26 Å². The van der Waals surface area contributed by atoms with Crippen molar-refractivity contribution in [2.45, 2.75) is 42.4 Å². The van der Waals surface area contributed by atoms with Crippen LogP contribution < -0.4 is 9.47 Å². The summed E-state index contributed by atoms with van der Waals surface area (Å²) in [6.07, 6.45) is 7.21. The van der Waals surface area contributed by atoms with Crippen molar-refractivity contribution in [1.82, 2.24) is 4.90 Å². The minimum atomic E-state index is -0.699. The van der Waals surface area contributed by atoms with E-state index in [0.717, 1.165) is 37.3 Å². The Morgan fingerprint density at radius 2 is 2.15 bits per heavy atom. The van der Waals surface area contributed by atoms with Gasteiger partial charge < -0.3 is 19.1 Å². The number of fused-ring (bicyclic) bond motifs is 1. The highest BCUT2D eigenvalue weighted by Crippen LogP contribution is 2.74. The van der Waals surface area contributed by atoms with E-state index in [1.807, 2.05) is 6.07 Å². The molecular formula is C22H24N2O3. The fourth-order valence-electron chi connectivity index (χ4n) is 7.35. The third kappa shape index (κ3) is 1.40. The highest BCUT2D eigenvalue weighted by atomic mass is 16.6. The largest absolute Gasteiger partial charge is 0.493 e. The molecule has 6 unspecified atom stereocenters. The summed E-state index contributed by atoms with van der Waals surface area (Å²) in [5, 5.41) is 10.0. The minimum absolute atomic E-state index is 0.0873. The van der Waals surface area contributed by atoms with Crippen molar-refractivity contribution >= 4 is 0 Å². The molecule has 2 spiro atoms. The van der Waals surface area contributed by atoms with Gasteiger partial charge in [-0.15, -0.1) is 0 Å². The number of benzene rings is 1. The molecule has 2 aliphatic heterocycles. The maximum Gasteiger partial charge on any atom is 0.166 e. The number of rotatable bonds is 2. The van der Waals surface area contributed by atoms with Crippen LogP contribution in [-0.2, 0) is 16.6 Å². The molecule has 1 saturated heterocycles. The lowest BCUT2D eigenvalue weighted by atomic mass is 9.37. The first-order valence-corrected chi connectivity index (χ1v) is 9.80. The van der Waals surface area contributed by atoms with E-state index in [-0.39, 0.29) is 22.9 Å². The van der Waals surface area contributed by atoms with Gasteiger partial charge in [0.1, 0.15) is 11.7 Å². The first-order chi connectivity index (χ1) is 13.1. The number of hydrogen-bond acceptors (Lipinski definition) is 5. The van der Waals surface area contributed by atoms with Gasteiger partial charge in [-0.1, -0.05) is 18.2 Å². The average molecular weight is 364 g/mol. The monoisotopic (exact) mass is 364 g/mol. The van der Waals surface area contributed by atoms with Gasteiger partial charge in [0.2, 0.25) is 0 Å². The number of nitriles is 1. The summed E-state index contributed by atoms with van der Waals surface area (Å²) in [6, 6.07) is 7.20. The summed E-state index contributed by atoms with van der Waals surface area (Å²) in [5.74, 6) is 1.47. The predicted molar refractivity (Wildman–Crippen MR) is 98.9 cm³/mol. The van der Waals surface area contributed by atoms with Gasteiger partial charge in [-0.25, -0.2) is 0 Å². The van der Waals surface area contributed by atoms with Gasteiger partial charge in [0.05, 0.1) is 24.5 Å². The third-order valence-electron chi connectivity index (χ3n) is 8.43. The van der Waals surface area contributed by atoms with E-state index in [1.165, 1.54) is 11.1 Å². The average Bonchev–Trinajstić information content (AvgIpc) is 3.07. The summed E-state index contributed by atoms with van der Waals surface area (Å²) in [7, 11) is 5.66. The highest BCUT2D eigenvalue weighted by Gasteiger charge is 2.79. The van der Waals surface area contributed by atoms with Crippen LogP contribution in [0, 0.1) is 22.7 Å². The molecule has 0 aromatic heterocycles. The number of piperidine rings is 1. The number of likely N-dealkylation sites (tertiary alicyclic amines) is 1. The number of hydrogen-bond donors (Lipinski definition) is 0. The molecule has 4 bridgehead atoms. The second-order valence-electron chi connectivity index (χ2n) is 8.87. The zero-order chi connectivity index (χ0) is 18.6. The van der Waals surface area contributed by atoms with Gasteiger partial charge >= 0.3 is 0 Å². The van der Waals surface area contributed by atoms with Gasteiger partial charge in [0.15, 0.2) is 11.5 Å². The quantitative estimate of drug-likeness (QED) is 0.755. The van der Waals surface area contributed by atoms with Crippen LogP contribution in [0.1, 0.15) is 24.0 Å². The Hall–Kier alpha value is -2.03. The first kappa shape index (κ1) is 16.0. The van der Waals surface area contributed by atoms with Crippen LogP contribution in [0.2, 0.25) is 0 Å². The maximum atomic E-state index is 10.0. The van der Waals surface area contributed by atoms with Crippen molar-refractivity contribution in [3.8, 4) is 17.6 Å². The molecule has 1 saturated carbocycles. The van der Waals surface area contributed by atoms with Crippen molar-refractivity contribution in [3.05, 3.63) is 35.4 Å². The van der Waals surface area contributed by atoms with Crippen LogP contribution in [0.3, 0.4) is 0 Å². The fourth-order valence-corrected chi connectivity index (χ4v) is 7.35. The molecule has 140 valence electrons. The van der Waals surface area contributed by atoms with Gasteiger partial charge in [-0.3, -0.25) is 0 Å². The first-order valence-electron chi connectivity index (χ1n) is 9.80. The van der Waals surface area contributed by atoms with Crippen molar-refractivity contribution in [2.75, 3.05) is 27.8 Å². The van der Waals surface area contributed by atoms with Crippen molar-refractivity contribution < 1.29 is 14.2 Å². The summed E-state index contributed by atoms with van der Waals surface area (Å²) < 4.78 is 18.5. The van der Waals surface area contributed by atoms with Crippen molar-refractivity contribution in [2.24, 2.45) is 11.3 Å². The summed E-state index contributed by atoms with van der Waals surface area (Å²) in [5.41, 5.74) is 1.78. The molecule has 5 heteroatoms. The highest BCUT2D eigenvalue weighted by molar-refractivity contribution is 5.65. The van der Waals surface area contributed by atoms with Gasteiger partial charge in [0.25, 0.3) is 0 Å². The van der Waals surface area contributed by atoms with Gasteiger partial charge in [0, 0.05) is 24.1 Å². The Kier molecular flexibility index (Phi) is 2.77. The second-order valence-corrected chi connectivity index (χ2v) is 8.87. The Labute approximate surface area is 159 Å². The second kappa shape index (κ2) is 4.68. The topological polar surface area (TPSA) is 54.7 Å². The van der Waals surface area contributed by atoms with Crippen molar-refractivity contribution in [1.29, 1.82) is 5.26 Å². The number of nitrogens with zero attached hydrogens (tertiary/aromatic N) is 2. The lowest BCUT2D eigenvalue weighted by Gasteiger charge is -2.70. The normalized spacial score (nSPS) is 45.2. The minimum Gasteiger partial charge on any atom is -0.493 e. The lowest BCUT2D eigenvalue weighted by molar-refractivity contribution is -0.203. The van der Waals surface area contributed by atoms with Crippen LogP contribution in [0.25, 0.3) is 0 Å². The molecule has 1 aromatic carbocycles. The zero-order valence-corrected chi connectivity index (χ0v) is 16.0. The molecule has 6 atom stereocenters. The number of methoxy groups -OCH3 is 2. The van der Waals surface area contributed by atoms with E-state index in [4.69, 9.17) is 14.2 Å². The van der Waals surface area contributed by atoms with E-state index in [1.54, 1.807) is 14.2 Å². The Bertz CT molecular complexity index is 936. The van der Waals surface area contributed by atoms with E-state index < -0.39 is 5.60 Å². The fraction of sp³-hybridized carbons (Fsp3) is 0.591. The Morgan fingerprint density at radius 3 is 2.89 bits per heavy atom. The molecule has 0 amide bonds. The van der Waals surface area contributed by atoms with Crippen LogP contribution in [0.15, 0.2) is 24.3 Å². The molecular weight excluding hydrogens is 340 g/mol. The molecule has 7 rings (SSSR count). The number of likely N-dealkylation sites (N-methyl/N-ethyl adjacent to an activating group) is 1. The van der Waals surface area contributed by atoms with Crippen molar-refractivity contribution in [3.63, 3.8) is 0 Å². The molecule has 27 heavy (non-hydrogen) atoms. The molecule has 0 radical (unpaired) electrons. The molecule has 5 nitrogen and oxygen atoms in total. The smallest absolute Gasteiger partial charge is 0.166 e. The SMILES string of the molecule is COc1ccc2c3c1OC1C4(OC)C=CC5(CC4C#N)C(C2)N(C)CCC315. The lowest BCUT2D eigenvalue weighted by Crippen LogP contribution is -2.78. The van der Waals surface area contributed by atoms with E-state index in [2.05, 4.69) is 36.2 Å². The molecule has 2 heterocycles. The number of ether oxygens (including phenoxy) is 3. The summed E-state index contributed by atoms with van der Waals surface area (Å²) in [4.78, 5) is 2.50. The Morgan fingerprint density at radius 1 is 1.30 bits per heavy atom. The third-order valence-corrected chi connectivity index (χ3v) is 8.43. The molecule has 6 aliphatic rings. The van der Waals surface area contributed by atoms with E-state index in [0.29, 0.717) is 6.04 Å². The zero-order valence-electron chi connectivity index (χ0n) is 16.0. The molecule has 0 N–H and O–H groups in total. The van der Waals surface area contributed by atoms with E-state index in [9.17, 15) is 5.26 Å². The Balaban J connectivity index is 1.73. The summed E-state index contributed by atoms with van der Waals surface area (Å²) >= 11 is 0. The van der Waals surface area contributed by atoms with Crippen LogP contribution in [-0.4, -0.2) is 50.5 Å². The van der Waals surface area contributed by atoms with Gasteiger partial charge in [-0.05, 0) is 44.5 Å². The maximum absolute atomic E-state index is 10.0. The van der Waals surface area contributed by atoms with E-state index >= 15 is 0 Å². The predicted octanol–water partition coefficient (Wildman–Crippen LogP) is 2.44. The van der Waals surface area contributed by atoms with Crippen LogP contribution in [0.5, 0.6) is 11.5 Å². The van der Waals surface area contributed by atoms with Crippen LogP contribution in [0.4, 0.5) is 0 Å². The summed E-state index contributed by atoms with van der Waals surface area (Å²) in [6.45, 7) is 1.03.